The Morgan fingerprint density at radius 2 is 1.32 bits per heavy atom. The number of allylic oxidation sites excluding steroid dienone is 12. The lowest BCUT2D eigenvalue weighted by molar-refractivity contribution is 0.703. The predicted octanol–water partition coefficient (Wildman–Crippen LogP) is 14.8. The predicted molar refractivity (Wildman–Crippen MR) is 253 cm³/mol. The summed E-state index contributed by atoms with van der Waals surface area (Å²) in [6.45, 7) is 2.30. The molecule has 4 aliphatic rings. The molecule has 5 aromatic carbocycles. The monoisotopic (exact) mass is 765 g/mol. The Morgan fingerprint density at radius 3 is 2.05 bits per heavy atom. The Hall–Kier alpha value is -6.58. The molecule has 10 rings (SSSR count). The topological polar surface area (TPSA) is 11.4 Å². The van der Waals surface area contributed by atoms with Gasteiger partial charge in [0.05, 0.1) is 11.6 Å². The third kappa shape index (κ3) is 7.05. The number of nitrogens with zero attached hydrogens (tertiary/aromatic N) is 3. The quantitative estimate of drug-likeness (QED) is 0.145. The van der Waals surface area contributed by atoms with E-state index in [1.165, 1.54) is 72.3 Å². The van der Waals surface area contributed by atoms with E-state index in [0.29, 0.717) is 5.92 Å². The lowest BCUT2D eigenvalue weighted by Gasteiger charge is -2.37. The minimum absolute atomic E-state index is 0.124. The van der Waals surface area contributed by atoms with Crippen LogP contribution in [0.25, 0.3) is 44.1 Å². The van der Waals surface area contributed by atoms with Crippen molar-refractivity contribution in [1.82, 2.24) is 4.57 Å². The van der Waals surface area contributed by atoms with Gasteiger partial charge in [-0.25, -0.2) is 0 Å². The van der Waals surface area contributed by atoms with Gasteiger partial charge in [-0.3, -0.25) is 0 Å². The molecular weight excluding hydrogens is 715 g/mol. The molecule has 3 nitrogen and oxygen atoms in total. The minimum atomic E-state index is 0.124. The molecule has 3 heteroatoms. The normalized spacial score (nSPS) is 18.7. The van der Waals surface area contributed by atoms with Crippen LogP contribution in [-0.4, -0.2) is 10.6 Å². The van der Waals surface area contributed by atoms with Crippen molar-refractivity contribution in [2.24, 2.45) is 13.0 Å². The maximum Gasteiger partial charge on any atom is 0.0569 e. The fourth-order valence-electron chi connectivity index (χ4n) is 9.47. The van der Waals surface area contributed by atoms with Crippen LogP contribution >= 0.6 is 0 Å². The summed E-state index contributed by atoms with van der Waals surface area (Å²) in [6, 6.07) is 43.0. The van der Waals surface area contributed by atoms with Gasteiger partial charge in [0.1, 0.15) is 0 Å². The Morgan fingerprint density at radius 1 is 0.593 bits per heavy atom. The number of rotatable bonds is 9. The average Bonchev–Trinajstić information content (AvgIpc) is 3.60. The Balaban J connectivity index is 1.03. The minimum Gasteiger partial charge on any atom is -0.343 e. The molecule has 0 N–H and O–H groups in total. The molecule has 290 valence electrons. The molecule has 0 saturated carbocycles. The van der Waals surface area contributed by atoms with Crippen molar-refractivity contribution in [3.8, 4) is 11.1 Å². The van der Waals surface area contributed by atoms with Crippen LogP contribution in [-0.2, 0) is 7.05 Å². The highest BCUT2D eigenvalue weighted by atomic mass is 15.2. The average molecular weight is 766 g/mol. The van der Waals surface area contributed by atoms with E-state index in [4.69, 9.17) is 0 Å². The zero-order valence-electron chi connectivity index (χ0n) is 34.1. The molecule has 59 heavy (non-hydrogen) atoms. The molecule has 1 heterocycles. The Bertz CT molecular complexity index is 2790. The van der Waals surface area contributed by atoms with E-state index in [1.807, 2.05) is 0 Å². The van der Waals surface area contributed by atoms with Gasteiger partial charge in [0.2, 0.25) is 0 Å². The van der Waals surface area contributed by atoms with Crippen molar-refractivity contribution >= 4 is 50.0 Å². The van der Waals surface area contributed by atoms with Crippen molar-refractivity contribution < 1.29 is 0 Å². The third-order valence-electron chi connectivity index (χ3n) is 12.6. The first-order valence-corrected chi connectivity index (χ1v) is 21.5. The lowest BCUT2D eigenvalue weighted by atomic mass is 9.94. The maximum atomic E-state index is 2.59. The molecule has 0 spiro atoms. The summed E-state index contributed by atoms with van der Waals surface area (Å²) in [5, 5.41) is 2.58. The highest BCUT2D eigenvalue weighted by Crippen LogP contribution is 2.43. The molecule has 1 aromatic heterocycles. The molecule has 0 saturated heterocycles. The number of anilines is 3. The van der Waals surface area contributed by atoms with Crippen LogP contribution in [0.15, 0.2) is 200 Å². The van der Waals surface area contributed by atoms with E-state index < -0.39 is 0 Å². The largest absolute Gasteiger partial charge is 0.343 e. The highest BCUT2D eigenvalue weighted by Gasteiger charge is 2.27. The smallest absolute Gasteiger partial charge is 0.0569 e. The van der Waals surface area contributed by atoms with Gasteiger partial charge < -0.3 is 14.4 Å². The number of aryl methyl sites for hydroxylation is 1. The standard InChI is InChI=1S/C56H51N3/c1-40-24-30-48(31-25-40)59(55-23-12-10-19-51(55)53-21-13-20-52-50-18-9-11-22-54(50)57(2)56(52)53)49-38-36-47(37-39-49)58(45-32-26-43(27-33-45)41-14-5-3-6-15-41)46-34-28-44(29-35-46)42-16-7-4-8-17-42/h3,5,7,9-14,16-24,26-38,40,49H,4,6,8,15,25,39H2,1-2H3. The third-order valence-corrected chi connectivity index (χ3v) is 12.6. The van der Waals surface area contributed by atoms with E-state index in [-0.39, 0.29) is 6.04 Å². The van der Waals surface area contributed by atoms with Gasteiger partial charge in [-0.05, 0) is 115 Å². The van der Waals surface area contributed by atoms with E-state index in [0.717, 1.165) is 49.9 Å². The summed E-state index contributed by atoms with van der Waals surface area (Å²) in [6.07, 6.45) is 34.3. The number of fused-ring (bicyclic) bond motifs is 3. The molecule has 0 fully saturated rings. The second-order valence-electron chi connectivity index (χ2n) is 16.4. The first kappa shape index (κ1) is 36.7. The fourth-order valence-corrected chi connectivity index (χ4v) is 9.47. The summed E-state index contributed by atoms with van der Waals surface area (Å²) in [7, 11) is 2.21. The van der Waals surface area contributed by atoms with Crippen LogP contribution in [0.4, 0.5) is 17.1 Å². The van der Waals surface area contributed by atoms with Gasteiger partial charge in [-0.1, -0.05) is 147 Å². The Labute approximate surface area is 349 Å². The molecule has 0 radical (unpaired) electrons. The summed E-state index contributed by atoms with van der Waals surface area (Å²) >= 11 is 0. The fraction of sp³-hybridized carbons (Fsp3) is 0.179. The van der Waals surface area contributed by atoms with Gasteiger partial charge in [0.25, 0.3) is 0 Å². The van der Waals surface area contributed by atoms with Crippen LogP contribution < -0.4 is 9.80 Å². The number of aromatic nitrogens is 1. The summed E-state index contributed by atoms with van der Waals surface area (Å²) < 4.78 is 2.37. The van der Waals surface area contributed by atoms with Crippen LogP contribution in [0.2, 0.25) is 0 Å². The van der Waals surface area contributed by atoms with Crippen molar-refractivity contribution in [2.75, 3.05) is 9.80 Å². The second-order valence-corrected chi connectivity index (χ2v) is 16.4. The van der Waals surface area contributed by atoms with E-state index >= 15 is 0 Å². The molecule has 2 unspecified atom stereocenters. The first-order chi connectivity index (χ1) is 29.1. The van der Waals surface area contributed by atoms with Crippen LogP contribution in [0.3, 0.4) is 0 Å². The molecule has 0 amide bonds. The van der Waals surface area contributed by atoms with E-state index in [2.05, 4.69) is 217 Å². The lowest BCUT2D eigenvalue weighted by Crippen LogP contribution is -2.35. The van der Waals surface area contributed by atoms with Gasteiger partial charge >= 0.3 is 0 Å². The second kappa shape index (κ2) is 16.0. The maximum absolute atomic E-state index is 2.59. The Kier molecular flexibility index (Phi) is 9.96. The molecule has 2 atom stereocenters. The van der Waals surface area contributed by atoms with Gasteiger partial charge in [0.15, 0.2) is 0 Å². The van der Waals surface area contributed by atoms with Crippen LogP contribution in [0.5, 0.6) is 0 Å². The molecule has 0 bridgehead atoms. The van der Waals surface area contributed by atoms with Crippen LogP contribution in [0.1, 0.15) is 56.6 Å². The molecule has 4 aliphatic carbocycles. The van der Waals surface area contributed by atoms with E-state index in [1.54, 1.807) is 0 Å². The summed E-state index contributed by atoms with van der Waals surface area (Å²) in [4.78, 5) is 5.02. The molecule has 6 aromatic rings. The van der Waals surface area contributed by atoms with Crippen molar-refractivity contribution in [3.63, 3.8) is 0 Å². The SMILES string of the molecule is CC1C=CC(N(c2ccccc2-c2cccc3c4ccccc4n(C)c23)C2C=CC(N(c3ccc(C4=CCCC=C4)cc3)c3ccc(C4=CC=CCC4)cc3)=CC2)=CC1. The summed E-state index contributed by atoms with van der Waals surface area (Å²) in [5.41, 5.74) is 16.3. The first-order valence-electron chi connectivity index (χ1n) is 21.5. The summed E-state index contributed by atoms with van der Waals surface area (Å²) in [5.74, 6) is 0.524. The number of benzene rings is 5. The van der Waals surface area contributed by atoms with Crippen molar-refractivity contribution in [3.05, 3.63) is 211 Å². The van der Waals surface area contributed by atoms with Gasteiger partial charge in [0, 0.05) is 62.9 Å². The zero-order chi connectivity index (χ0) is 39.7. The van der Waals surface area contributed by atoms with Gasteiger partial charge in [-0.15, -0.1) is 0 Å². The number of hydrogen-bond acceptors (Lipinski definition) is 2. The van der Waals surface area contributed by atoms with Crippen molar-refractivity contribution in [1.29, 1.82) is 0 Å². The van der Waals surface area contributed by atoms with Gasteiger partial charge in [-0.2, -0.15) is 0 Å². The highest BCUT2D eigenvalue weighted by molar-refractivity contribution is 6.13. The van der Waals surface area contributed by atoms with E-state index in [9.17, 15) is 0 Å². The van der Waals surface area contributed by atoms with Crippen molar-refractivity contribution in [2.45, 2.75) is 51.5 Å². The molecular formula is C56H51N3. The zero-order valence-corrected chi connectivity index (χ0v) is 34.1. The van der Waals surface area contributed by atoms with Crippen LogP contribution in [0, 0.1) is 5.92 Å². The molecule has 0 aliphatic heterocycles. The number of para-hydroxylation sites is 3. The number of hydrogen-bond donors (Lipinski definition) is 0.